The van der Waals surface area contributed by atoms with Crippen molar-refractivity contribution in [2.45, 2.75) is 59.5 Å². The normalized spacial score (nSPS) is 12.0. The summed E-state index contributed by atoms with van der Waals surface area (Å²) in [5.74, 6) is 1.96. The van der Waals surface area contributed by atoms with Crippen molar-refractivity contribution in [3.05, 3.63) is 54.0 Å². The number of amides is 1. The zero-order valence-electron chi connectivity index (χ0n) is 16.2. The zero-order valence-corrected chi connectivity index (χ0v) is 16.2. The largest absolute Gasteiger partial charge is 0.494 e. The Hall–Kier alpha value is -2.23. The minimum absolute atomic E-state index is 0.0765. The van der Waals surface area contributed by atoms with Gasteiger partial charge in [-0.3, -0.25) is 4.79 Å². The van der Waals surface area contributed by atoms with E-state index in [0.29, 0.717) is 19.7 Å². The number of nitrogens with zero attached hydrogens (tertiary/aromatic N) is 1. The number of hydrogen-bond acceptors (Lipinski definition) is 3. The SMILES string of the molecule is CCCCC(CC)C(=O)N(Cc1ccc(OCC)cc1)Cc1ccco1. The van der Waals surface area contributed by atoms with E-state index < -0.39 is 0 Å². The smallest absolute Gasteiger partial charge is 0.226 e. The summed E-state index contributed by atoms with van der Waals surface area (Å²) in [5, 5.41) is 0. The van der Waals surface area contributed by atoms with Gasteiger partial charge in [-0.1, -0.05) is 38.8 Å². The Bertz CT molecular complexity index is 634. The lowest BCUT2D eigenvalue weighted by atomic mass is 9.97. The molecule has 0 saturated carbocycles. The van der Waals surface area contributed by atoms with Crippen molar-refractivity contribution in [1.82, 2.24) is 4.90 Å². The molecule has 1 amide bonds. The first-order valence-electron chi connectivity index (χ1n) is 9.70. The van der Waals surface area contributed by atoms with Gasteiger partial charge >= 0.3 is 0 Å². The summed E-state index contributed by atoms with van der Waals surface area (Å²) in [4.78, 5) is 15.1. The predicted molar refractivity (Wildman–Crippen MR) is 104 cm³/mol. The third-order valence-electron chi connectivity index (χ3n) is 4.59. The molecule has 1 heterocycles. The van der Waals surface area contributed by atoms with Crippen LogP contribution >= 0.6 is 0 Å². The Morgan fingerprint density at radius 3 is 2.46 bits per heavy atom. The molecule has 0 aliphatic carbocycles. The van der Waals surface area contributed by atoms with Crippen molar-refractivity contribution in [3.8, 4) is 5.75 Å². The molecule has 26 heavy (non-hydrogen) atoms. The summed E-state index contributed by atoms with van der Waals surface area (Å²) in [7, 11) is 0. The Kier molecular flexibility index (Phi) is 8.26. The molecule has 0 aliphatic rings. The molecule has 0 aliphatic heterocycles. The van der Waals surface area contributed by atoms with E-state index in [2.05, 4.69) is 13.8 Å². The van der Waals surface area contributed by atoms with Crippen LogP contribution in [0.3, 0.4) is 0 Å². The van der Waals surface area contributed by atoms with Crippen molar-refractivity contribution in [2.75, 3.05) is 6.61 Å². The molecule has 2 aromatic rings. The Morgan fingerprint density at radius 2 is 1.88 bits per heavy atom. The number of carbonyl (C=O) groups excluding carboxylic acids is 1. The maximum Gasteiger partial charge on any atom is 0.226 e. The van der Waals surface area contributed by atoms with Crippen LogP contribution in [0.2, 0.25) is 0 Å². The van der Waals surface area contributed by atoms with Crippen LogP contribution in [0.15, 0.2) is 47.1 Å². The molecule has 2 rings (SSSR count). The van der Waals surface area contributed by atoms with Crippen LogP contribution in [-0.4, -0.2) is 17.4 Å². The summed E-state index contributed by atoms with van der Waals surface area (Å²) in [6.07, 6.45) is 5.67. The van der Waals surface area contributed by atoms with Gasteiger partial charge in [0.2, 0.25) is 5.91 Å². The van der Waals surface area contributed by atoms with Crippen LogP contribution in [0.25, 0.3) is 0 Å². The fourth-order valence-corrected chi connectivity index (χ4v) is 3.09. The third-order valence-corrected chi connectivity index (χ3v) is 4.59. The van der Waals surface area contributed by atoms with Gasteiger partial charge in [0.25, 0.3) is 0 Å². The van der Waals surface area contributed by atoms with Gasteiger partial charge in [0.15, 0.2) is 0 Å². The molecule has 142 valence electrons. The van der Waals surface area contributed by atoms with Gasteiger partial charge < -0.3 is 14.1 Å². The molecule has 1 unspecified atom stereocenters. The molecule has 0 bridgehead atoms. The highest BCUT2D eigenvalue weighted by Gasteiger charge is 2.23. The summed E-state index contributed by atoms with van der Waals surface area (Å²) in [5.41, 5.74) is 1.10. The molecule has 1 aromatic heterocycles. The van der Waals surface area contributed by atoms with Crippen molar-refractivity contribution in [3.63, 3.8) is 0 Å². The Labute approximate surface area is 157 Å². The molecular weight excluding hydrogens is 326 g/mol. The highest BCUT2D eigenvalue weighted by Crippen LogP contribution is 2.21. The van der Waals surface area contributed by atoms with E-state index in [1.807, 2.05) is 48.2 Å². The number of ether oxygens (including phenoxy) is 1. The van der Waals surface area contributed by atoms with Gasteiger partial charge in [-0.05, 0) is 49.6 Å². The van der Waals surface area contributed by atoms with E-state index in [9.17, 15) is 4.79 Å². The van der Waals surface area contributed by atoms with Gasteiger partial charge in [0.1, 0.15) is 11.5 Å². The third kappa shape index (κ3) is 5.94. The van der Waals surface area contributed by atoms with Crippen LogP contribution in [0.4, 0.5) is 0 Å². The lowest BCUT2D eigenvalue weighted by Crippen LogP contribution is -2.35. The topological polar surface area (TPSA) is 42.7 Å². The number of carbonyl (C=O) groups is 1. The number of furan rings is 1. The number of benzene rings is 1. The van der Waals surface area contributed by atoms with E-state index in [1.54, 1.807) is 6.26 Å². The fraction of sp³-hybridized carbons (Fsp3) is 0.500. The monoisotopic (exact) mass is 357 g/mol. The molecule has 4 nitrogen and oxygen atoms in total. The first-order valence-corrected chi connectivity index (χ1v) is 9.70. The summed E-state index contributed by atoms with van der Waals surface area (Å²) in [6, 6.07) is 11.8. The second kappa shape index (κ2) is 10.7. The molecule has 0 saturated heterocycles. The molecule has 0 N–H and O–H groups in total. The van der Waals surface area contributed by atoms with Crippen molar-refractivity contribution in [2.24, 2.45) is 5.92 Å². The summed E-state index contributed by atoms with van der Waals surface area (Å²) in [6.45, 7) is 7.96. The van der Waals surface area contributed by atoms with Gasteiger partial charge in [0.05, 0.1) is 19.4 Å². The highest BCUT2D eigenvalue weighted by atomic mass is 16.5. The first-order chi connectivity index (χ1) is 12.7. The van der Waals surface area contributed by atoms with Crippen molar-refractivity contribution >= 4 is 5.91 Å². The zero-order chi connectivity index (χ0) is 18.8. The molecule has 0 radical (unpaired) electrons. The van der Waals surface area contributed by atoms with Crippen molar-refractivity contribution in [1.29, 1.82) is 0 Å². The second-order valence-electron chi connectivity index (χ2n) is 6.60. The lowest BCUT2D eigenvalue weighted by molar-refractivity contribution is -0.137. The van der Waals surface area contributed by atoms with Gasteiger partial charge in [0, 0.05) is 12.5 Å². The maximum atomic E-state index is 13.1. The lowest BCUT2D eigenvalue weighted by Gasteiger charge is -2.26. The standard InChI is InChI=1S/C22H31NO3/c1-4-7-9-19(5-2)22(24)23(17-21-10-8-15-26-21)16-18-11-13-20(14-12-18)25-6-3/h8,10-15,19H,4-7,9,16-17H2,1-3H3. The van der Waals surface area contributed by atoms with E-state index in [-0.39, 0.29) is 11.8 Å². The minimum Gasteiger partial charge on any atom is -0.494 e. The van der Waals surface area contributed by atoms with Crippen LogP contribution in [0.5, 0.6) is 5.75 Å². The first kappa shape index (κ1) is 20.1. The Morgan fingerprint density at radius 1 is 1.12 bits per heavy atom. The summed E-state index contributed by atoms with van der Waals surface area (Å²) < 4.78 is 11.0. The Balaban J connectivity index is 2.12. The molecule has 1 aromatic carbocycles. The quantitative estimate of drug-likeness (QED) is 0.539. The molecular formula is C22H31NO3. The summed E-state index contributed by atoms with van der Waals surface area (Å²) >= 11 is 0. The maximum absolute atomic E-state index is 13.1. The van der Waals surface area contributed by atoms with Crippen LogP contribution in [-0.2, 0) is 17.9 Å². The second-order valence-corrected chi connectivity index (χ2v) is 6.60. The molecule has 4 heteroatoms. The van der Waals surface area contributed by atoms with E-state index in [4.69, 9.17) is 9.15 Å². The predicted octanol–water partition coefficient (Wildman–Crippen LogP) is 5.42. The van der Waals surface area contributed by atoms with Crippen LogP contribution in [0.1, 0.15) is 57.8 Å². The number of hydrogen-bond donors (Lipinski definition) is 0. The fourth-order valence-electron chi connectivity index (χ4n) is 3.09. The number of rotatable bonds is 11. The van der Waals surface area contributed by atoms with E-state index >= 15 is 0 Å². The van der Waals surface area contributed by atoms with Gasteiger partial charge in [-0.25, -0.2) is 0 Å². The number of unbranched alkanes of at least 4 members (excludes halogenated alkanes) is 1. The molecule has 0 fully saturated rings. The highest BCUT2D eigenvalue weighted by molar-refractivity contribution is 5.78. The van der Waals surface area contributed by atoms with Crippen LogP contribution < -0.4 is 4.74 Å². The average molecular weight is 357 g/mol. The minimum atomic E-state index is 0.0765. The van der Waals surface area contributed by atoms with Crippen LogP contribution in [0, 0.1) is 5.92 Å². The molecule has 0 spiro atoms. The van der Waals surface area contributed by atoms with E-state index in [1.165, 1.54) is 0 Å². The van der Waals surface area contributed by atoms with Crippen molar-refractivity contribution < 1.29 is 13.9 Å². The van der Waals surface area contributed by atoms with Gasteiger partial charge in [-0.2, -0.15) is 0 Å². The molecule has 1 atom stereocenters. The van der Waals surface area contributed by atoms with Gasteiger partial charge in [-0.15, -0.1) is 0 Å². The average Bonchev–Trinajstić information content (AvgIpc) is 3.16. The van der Waals surface area contributed by atoms with E-state index in [0.717, 1.165) is 42.8 Å².